The molecule has 3 aromatic rings. The summed E-state index contributed by atoms with van der Waals surface area (Å²) in [5.74, 6) is 0. The van der Waals surface area contributed by atoms with Gasteiger partial charge in [0.15, 0.2) is 0 Å². The third-order valence-electron chi connectivity index (χ3n) is 6.00. The smallest absolute Gasteiger partial charge is 0.286 e. The van der Waals surface area contributed by atoms with E-state index in [9.17, 15) is 4.79 Å². The first-order chi connectivity index (χ1) is 14.6. The number of para-hydroxylation sites is 1. The number of halogens is 1. The van der Waals surface area contributed by atoms with Crippen LogP contribution < -0.4 is 5.56 Å². The number of likely N-dealkylation sites (tertiary alicyclic amines) is 1. The van der Waals surface area contributed by atoms with Crippen LogP contribution in [-0.2, 0) is 18.4 Å². The van der Waals surface area contributed by atoms with Crippen molar-refractivity contribution < 1.29 is 4.74 Å². The number of nitrogens with zero attached hydrogens (tertiary/aromatic N) is 3. The predicted octanol–water partition coefficient (Wildman–Crippen LogP) is 4.68. The third-order valence-corrected chi connectivity index (χ3v) is 6.75. The molecular weight excluding hydrogens is 442 g/mol. The van der Waals surface area contributed by atoms with Crippen molar-refractivity contribution in [1.29, 1.82) is 0 Å². The van der Waals surface area contributed by atoms with Crippen LogP contribution >= 0.6 is 15.9 Å². The Morgan fingerprint density at radius 2 is 1.63 bits per heavy atom. The fourth-order valence-electron chi connectivity index (χ4n) is 4.29. The molecule has 0 spiro atoms. The quantitative estimate of drug-likeness (QED) is 0.525. The van der Waals surface area contributed by atoms with Gasteiger partial charge in [0.1, 0.15) is 4.47 Å². The van der Waals surface area contributed by atoms with Gasteiger partial charge in [-0.25, -0.2) is 4.68 Å². The van der Waals surface area contributed by atoms with E-state index in [1.165, 1.54) is 5.56 Å². The summed E-state index contributed by atoms with van der Waals surface area (Å²) < 4.78 is 10.5. The number of ether oxygens (including phenoxy) is 1. The Morgan fingerprint density at radius 1 is 1.03 bits per heavy atom. The first kappa shape index (κ1) is 21.1. The van der Waals surface area contributed by atoms with E-state index in [0.717, 1.165) is 37.3 Å². The van der Waals surface area contributed by atoms with Crippen molar-refractivity contribution in [2.24, 2.45) is 7.05 Å². The number of hydrogen-bond donors (Lipinski definition) is 0. The molecule has 4 rings (SSSR count). The molecule has 0 saturated carbocycles. The van der Waals surface area contributed by atoms with E-state index < -0.39 is 0 Å². The number of benzene rings is 2. The molecule has 0 aliphatic carbocycles. The lowest BCUT2D eigenvalue weighted by Gasteiger charge is -2.36. The van der Waals surface area contributed by atoms with E-state index in [1.807, 2.05) is 60.3 Å². The Morgan fingerprint density at radius 3 is 2.27 bits per heavy atom. The van der Waals surface area contributed by atoms with Gasteiger partial charge in [-0.1, -0.05) is 48.5 Å². The van der Waals surface area contributed by atoms with Gasteiger partial charge in [-0.2, -0.15) is 0 Å². The second-order valence-corrected chi connectivity index (χ2v) is 8.68. The van der Waals surface area contributed by atoms with E-state index in [4.69, 9.17) is 4.74 Å². The lowest BCUT2D eigenvalue weighted by atomic mass is 10.0. The molecule has 158 valence electrons. The zero-order valence-corrected chi connectivity index (χ0v) is 19.1. The van der Waals surface area contributed by atoms with E-state index in [2.05, 4.69) is 39.9 Å². The standard InChI is InChI=1S/C24H28BrN3O2/c1-18(23-22(25)24(29)28(26(23)2)20-11-7-4-8-12-20)27-15-13-21(14-16-27)30-17-19-9-5-3-6-10-19/h3-12,18,21H,13-17H2,1-2H3. The highest BCUT2D eigenvalue weighted by atomic mass is 79.9. The lowest BCUT2D eigenvalue weighted by Crippen LogP contribution is -2.39. The van der Waals surface area contributed by atoms with Crippen molar-refractivity contribution in [2.75, 3.05) is 13.1 Å². The summed E-state index contributed by atoms with van der Waals surface area (Å²) in [5.41, 5.74) is 3.07. The SMILES string of the molecule is CC(c1c(Br)c(=O)n(-c2ccccc2)n1C)N1CCC(OCc2ccccc2)CC1. The fourth-order valence-corrected chi connectivity index (χ4v) is 5.05. The summed E-state index contributed by atoms with van der Waals surface area (Å²) >= 11 is 3.57. The summed E-state index contributed by atoms with van der Waals surface area (Å²) in [7, 11) is 1.96. The largest absolute Gasteiger partial charge is 0.373 e. The molecule has 5 nitrogen and oxygen atoms in total. The van der Waals surface area contributed by atoms with E-state index >= 15 is 0 Å². The van der Waals surface area contributed by atoms with Gasteiger partial charge in [0.05, 0.1) is 30.1 Å². The number of piperidine rings is 1. The monoisotopic (exact) mass is 469 g/mol. The molecule has 0 amide bonds. The second kappa shape index (κ2) is 9.33. The number of aromatic nitrogens is 2. The summed E-state index contributed by atoms with van der Waals surface area (Å²) in [4.78, 5) is 15.4. The molecule has 1 unspecified atom stereocenters. The first-order valence-electron chi connectivity index (χ1n) is 10.5. The van der Waals surface area contributed by atoms with Gasteiger partial charge in [0.2, 0.25) is 0 Å². The molecule has 1 fully saturated rings. The Kier molecular flexibility index (Phi) is 6.56. The van der Waals surface area contributed by atoms with Crippen molar-refractivity contribution >= 4 is 15.9 Å². The lowest BCUT2D eigenvalue weighted by molar-refractivity contribution is -0.0105. The van der Waals surface area contributed by atoms with E-state index in [-0.39, 0.29) is 17.7 Å². The van der Waals surface area contributed by atoms with Gasteiger partial charge < -0.3 is 4.74 Å². The maximum absolute atomic E-state index is 12.9. The van der Waals surface area contributed by atoms with Crippen molar-refractivity contribution in [3.05, 3.63) is 86.7 Å². The molecule has 1 atom stereocenters. The molecule has 0 bridgehead atoms. The van der Waals surface area contributed by atoms with Gasteiger partial charge in [-0.3, -0.25) is 14.4 Å². The molecule has 0 N–H and O–H groups in total. The van der Waals surface area contributed by atoms with E-state index in [0.29, 0.717) is 11.1 Å². The number of hydrogen-bond acceptors (Lipinski definition) is 3. The average molecular weight is 470 g/mol. The Labute approximate surface area is 186 Å². The van der Waals surface area contributed by atoms with Crippen molar-refractivity contribution in [2.45, 2.75) is 38.5 Å². The molecule has 30 heavy (non-hydrogen) atoms. The van der Waals surface area contributed by atoms with Crippen LogP contribution in [0.25, 0.3) is 5.69 Å². The minimum atomic E-state index is -0.0216. The maximum atomic E-state index is 12.9. The van der Waals surface area contributed by atoms with Crippen LogP contribution in [0.2, 0.25) is 0 Å². The summed E-state index contributed by atoms with van der Waals surface area (Å²) in [5, 5.41) is 0. The zero-order chi connectivity index (χ0) is 21.1. The minimum Gasteiger partial charge on any atom is -0.373 e. The van der Waals surface area contributed by atoms with Crippen LogP contribution in [0, 0.1) is 0 Å². The molecule has 6 heteroatoms. The fraction of sp³-hybridized carbons (Fsp3) is 0.375. The molecule has 1 saturated heterocycles. The van der Waals surface area contributed by atoms with Crippen molar-refractivity contribution in [3.63, 3.8) is 0 Å². The van der Waals surface area contributed by atoms with Crippen molar-refractivity contribution in [3.8, 4) is 5.69 Å². The molecule has 1 aromatic heterocycles. The van der Waals surface area contributed by atoms with E-state index in [1.54, 1.807) is 4.68 Å². The normalized spacial score (nSPS) is 16.6. The topological polar surface area (TPSA) is 39.4 Å². The summed E-state index contributed by atoms with van der Waals surface area (Å²) in [6.45, 7) is 4.76. The van der Waals surface area contributed by atoms with Crippen LogP contribution in [0.15, 0.2) is 69.9 Å². The van der Waals surface area contributed by atoms with Crippen LogP contribution in [0.1, 0.15) is 37.1 Å². The average Bonchev–Trinajstić information content (AvgIpc) is 3.01. The Hall–Kier alpha value is -2.15. The minimum absolute atomic E-state index is 0.0216. The van der Waals surface area contributed by atoms with Gasteiger partial charge in [0, 0.05) is 20.1 Å². The van der Waals surface area contributed by atoms with Crippen LogP contribution in [-0.4, -0.2) is 33.5 Å². The highest BCUT2D eigenvalue weighted by Crippen LogP contribution is 2.29. The summed E-state index contributed by atoms with van der Waals surface area (Å²) in [6.07, 6.45) is 2.29. The molecule has 2 heterocycles. The van der Waals surface area contributed by atoms with Crippen LogP contribution in [0.4, 0.5) is 0 Å². The maximum Gasteiger partial charge on any atom is 0.286 e. The third kappa shape index (κ3) is 4.31. The zero-order valence-electron chi connectivity index (χ0n) is 17.5. The van der Waals surface area contributed by atoms with Gasteiger partial charge >= 0.3 is 0 Å². The molecule has 1 aliphatic heterocycles. The highest BCUT2D eigenvalue weighted by molar-refractivity contribution is 9.10. The molecular formula is C24H28BrN3O2. The van der Waals surface area contributed by atoms with Crippen molar-refractivity contribution in [1.82, 2.24) is 14.3 Å². The molecule has 2 aromatic carbocycles. The van der Waals surface area contributed by atoms with Gasteiger partial charge in [-0.05, 0) is 53.4 Å². The first-order valence-corrected chi connectivity index (χ1v) is 11.3. The van der Waals surface area contributed by atoms with Crippen LogP contribution in [0.5, 0.6) is 0 Å². The molecule has 1 aliphatic rings. The Bertz CT molecular complexity index is 1020. The molecule has 0 radical (unpaired) electrons. The second-order valence-electron chi connectivity index (χ2n) is 7.88. The highest BCUT2D eigenvalue weighted by Gasteiger charge is 2.29. The predicted molar refractivity (Wildman–Crippen MR) is 123 cm³/mol. The van der Waals surface area contributed by atoms with Gasteiger partial charge in [0.25, 0.3) is 5.56 Å². The van der Waals surface area contributed by atoms with Crippen LogP contribution in [0.3, 0.4) is 0 Å². The van der Waals surface area contributed by atoms with Gasteiger partial charge in [-0.15, -0.1) is 0 Å². The Balaban J connectivity index is 1.43. The number of rotatable bonds is 6. The summed E-state index contributed by atoms with van der Waals surface area (Å²) in [6, 6.07) is 20.2.